The number of halogens is 1. The molecule has 1 fully saturated rings. The summed E-state index contributed by atoms with van der Waals surface area (Å²) >= 11 is 3.46. The molecule has 0 spiro atoms. The summed E-state index contributed by atoms with van der Waals surface area (Å²) < 4.78 is 1.13. The van der Waals surface area contributed by atoms with Crippen LogP contribution in [0.4, 0.5) is 5.69 Å². The van der Waals surface area contributed by atoms with Crippen molar-refractivity contribution in [1.82, 2.24) is 0 Å². The zero-order chi connectivity index (χ0) is 13.2. The second kappa shape index (κ2) is 5.38. The molecule has 1 saturated carbocycles. The molecule has 2 heteroatoms. The van der Waals surface area contributed by atoms with Gasteiger partial charge in [-0.1, -0.05) is 40.2 Å². The first-order valence-corrected chi connectivity index (χ1v) is 7.59. The van der Waals surface area contributed by atoms with E-state index < -0.39 is 0 Å². The largest absolute Gasteiger partial charge is 0.382 e. The molecule has 2 aromatic carbocycles. The number of rotatable bonds is 3. The molecule has 0 radical (unpaired) electrons. The summed E-state index contributed by atoms with van der Waals surface area (Å²) in [5, 5.41) is 3.60. The molecule has 1 N–H and O–H groups in total. The lowest BCUT2D eigenvalue weighted by atomic mass is 9.74. The highest BCUT2D eigenvalue weighted by atomic mass is 79.9. The van der Waals surface area contributed by atoms with Crippen LogP contribution in [0.3, 0.4) is 0 Å². The molecule has 0 aromatic heterocycles. The maximum Gasteiger partial charge on any atom is 0.0343 e. The minimum Gasteiger partial charge on any atom is -0.382 e. The molecular weight excluding hydrogens is 298 g/mol. The molecule has 1 aliphatic carbocycles. The van der Waals surface area contributed by atoms with Crippen molar-refractivity contribution in [3.63, 3.8) is 0 Å². The fourth-order valence-electron chi connectivity index (χ4n) is 2.82. The summed E-state index contributed by atoms with van der Waals surface area (Å²) in [4.78, 5) is 0. The van der Waals surface area contributed by atoms with Crippen LogP contribution < -0.4 is 5.32 Å². The summed E-state index contributed by atoms with van der Waals surface area (Å²) in [6.07, 6.45) is 2.47. The van der Waals surface area contributed by atoms with Gasteiger partial charge >= 0.3 is 0 Å². The first kappa shape index (κ1) is 12.7. The minimum absolute atomic E-state index is 0.616. The first-order chi connectivity index (χ1) is 9.22. The lowest BCUT2D eigenvalue weighted by Gasteiger charge is -2.37. The molecule has 0 unspecified atom stereocenters. The van der Waals surface area contributed by atoms with Crippen LogP contribution in [0.15, 0.2) is 53.0 Å². The Labute approximate surface area is 123 Å². The van der Waals surface area contributed by atoms with Crippen LogP contribution in [0.25, 0.3) is 0 Å². The second-order valence-electron chi connectivity index (χ2n) is 5.37. The highest BCUT2D eigenvalue weighted by molar-refractivity contribution is 9.10. The lowest BCUT2D eigenvalue weighted by molar-refractivity contribution is 0.373. The fourth-order valence-corrected chi connectivity index (χ4v) is 3.08. The summed E-state index contributed by atoms with van der Waals surface area (Å²) in [6.45, 7) is 2.21. The average molecular weight is 316 g/mol. The Hall–Kier alpha value is -1.28. The molecule has 0 bridgehead atoms. The van der Waals surface area contributed by atoms with Crippen molar-refractivity contribution in [1.29, 1.82) is 0 Å². The number of hydrogen-bond acceptors (Lipinski definition) is 1. The van der Waals surface area contributed by atoms with Gasteiger partial charge < -0.3 is 5.32 Å². The molecular formula is C17H18BrN. The Morgan fingerprint density at radius 3 is 2.37 bits per heavy atom. The topological polar surface area (TPSA) is 12.0 Å². The van der Waals surface area contributed by atoms with E-state index in [1.165, 1.54) is 29.7 Å². The predicted molar refractivity (Wildman–Crippen MR) is 84.7 cm³/mol. The lowest BCUT2D eigenvalue weighted by Crippen LogP contribution is -2.34. The van der Waals surface area contributed by atoms with Crippen molar-refractivity contribution in [3.05, 3.63) is 64.1 Å². The van der Waals surface area contributed by atoms with Crippen LogP contribution >= 0.6 is 15.9 Å². The molecule has 2 aromatic rings. The van der Waals surface area contributed by atoms with Gasteiger partial charge in [0, 0.05) is 16.2 Å². The van der Waals surface area contributed by atoms with Crippen LogP contribution in [0.1, 0.15) is 29.9 Å². The summed E-state index contributed by atoms with van der Waals surface area (Å²) in [5.41, 5.74) is 4.17. The predicted octanol–water partition coefficient (Wildman–Crippen LogP) is 5.12. The van der Waals surface area contributed by atoms with E-state index >= 15 is 0 Å². The van der Waals surface area contributed by atoms with E-state index in [1.54, 1.807) is 0 Å². The Morgan fingerprint density at radius 2 is 1.68 bits per heavy atom. The van der Waals surface area contributed by atoms with Crippen molar-refractivity contribution >= 4 is 21.6 Å². The van der Waals surface area contributed by atoms with Gasteiger partial charge in [-0.15, -0.1) is 0 Å². The van der Waals surface area contributed by atoms with E-state index in [-0.39, 0.29) is 0 Å². The van der Waals surface area contributed by atoms with Gasteiger partial charge in [0.1, 0.15) is 0 Å². The molecule has 98 valence electrons. The number of aryl methyl sites for hydroxylation is 1. The fraction of sp³-hybridized carbons (Fsp3) is 0.294. The van der Waals surface area contributed by atoms with E-state index in [1.807, 2.05) is 0 Å². The smallest absolute Gasteiger partial charge is 0.0343 e. The SMILES string of the molecule is Cc1ccccc1C1CC(Nc2ccc(Br)cc2)C1. The first-order valence-electron chi connectivity index (χ1n) is 6.80. The molecule has 0 aliphatic heterocycles. The third kappa shape index (κ3) is 2.84. The van der Waals surface area contributed by atoms with Crippen LogP contribution in [-0.2, 0) is 0 Å². The van der Waals surface area contributed by atoms with E-state index in [9.17, 15) is 0 Å². The van der Waals surface area contributed by atoms with Crippen LogP contribution in [0.2, 0.25) is 0 Å². The normalized spacial score (nSPS) is 21.8. The highest BCUT2D eigenvalue weighted by Crippen LogP contribution is 2.39. The summed E-state index contributed by atoms with van der Waals surface area (Å²) in [7, 11) is 0. The Kier molecular flexibility index (Phi) is 3.61. The van der Waals surface area contributed by atoms with E-state index in [0.717, 1.165) is 10.4 Å². The van der Waals surface area contributed by atoms with Gasteiger partial charge in [0.05, 0.1) is 0 Å². The van der Waals surface area contributed by atoms with Gasteiger partial charge in [0.25, 0.3) is 0 Å². The molecule has 0 amide bonds. The van der Waals surface area contributed by atoms with Gasteiger partial charge in [-0.05, 0) is 61.1 Å². The number of nitrogens with one attached hydrogen (secondary N) is 1. The molecule has 1 aliphatic rings. The van der Waals surface area contributed by atoms with Gasteiger partial charge in [0.2, 0.25) is 0 Å². The zero-order valence-corrected chi connectivity index (χ0v) is 12.7. The van der Waals surface area contributed by atoms with Crippen molar-refractivity contribution in [2.24, 2.45) is 0 Å². The standard InChI is InChI=1S/C17H18BrN/c1-12-4-2-3-5-17(12)13-10-16(11-13)19-15-8-6-14(18)7-9-15/h2-9,13,16,19H,10-11H2,1H3. The van der Waals surface area contributed by atoms with Crippen molar-refractivity contribution < 1.29 is 0 Å². The van der Waals surface area contributed by atoms with E-state index in [0.29, 0.717) is 6.04 Å². The van der Waals surface area contributed by atoms with Gasteiger partial charge in [-0.25, -0.2) is 0 Å². The monoisotopic (exact) mass is 315 g/mol. The van der Waals surface area contributed by atoms with Crippen LogP contribution in [0.5, 0.6) is 0 Å². The average Bonchev–Trinajstić information content (AvgIpc) is 2.37. The summed E-state index contributed by atoms with van der Waals surface area (Å²) in [6, 6.07) is 17.8. The second-order valence-corrected chi connectivity index (χ2v) is 6.29. The maximum atomic E-state index is 3.60. The quantitative estimate of drug-likeness (QED) is 0.829. The zero-order valence-electron chi connectivity index (χ0n) is 11.1. The number of hydrogen-bond donors (Lipinski definition) is 1. The number of anilines is 1. The maximum absolute atomic E-state index is 3.60. The molecule has 1 nitrogen and oxygen atoms in total. The molecule has 19 heavy (non-hydrogen) atoms. The molecule has 0 heterocycles. The van der Waals surface area contributed by atoms with E-state index in [4.69, 9.17) is 0 Å². The minimum atomic E-state index is 0.616. The highest BCUT2D eigenvalue weighted by Gasteiger charge is 2.30. The van der Waals surface area contributed by atoms with Crippen molar-refractivity contribution in [2.75, 3.05) is 5.32 Å². The van der Waals surface area contributed by atoms with Gasteiger partial charge in [-0.3, -0.25) is 0 Å². The van der Waals surface area contributed by atoms with E-state index in [2.05, 4.69) is 76.7 Å². The van der Waals surface area contributed by atoms with Crippen LogP contribution in [-0.4, -0.2) is 6.04 Å². The molecule has 3 rings (SSSR count). The molecule has 0 atom stereocenters. The Bertz CT molecular complexity index is 556. The van der Waals surface area contributed by atoms with Crippen molar-refractivity contribution in [2.45, 2.75) is 31.7 Å². The summed E-state index contributed by atoms with van der Waals surface area (Å²) in [5.74, 6) is 0.731. The third-order valence-corrected chi connectivity index (χ3v) is 4.51. The molecule has 0 saturated heterocycles. The Morgan fingerprint density at radius 1 is 1.00 bits per heavy atom. The van der Waals surface area contributed by atoms with Crippen LogP contribution in [0, 0.1) is 6.92 Å². The van der Waals surface area contributed by atoms with Gasteiger partial charge in [-0.2, -0.15) is 0 Å². The Balaban J connectivity index is 1.58. The van der Waals surface area contributed by atoms with Crippen molar-refractivity contribution in [3.8, 4) is 0 Å². The van der Waals surface area contributed by atoms with Gasteiger partial charge in [0.15, 0.2) is 0 Å². The number of benzene rings is 2. The third-order valence-electron chi connectivity index (χ3n) is 3.98.